The highest BCUT2D eigenvalue weighted by Gasteiger charge is 2.25. The van der Waals surface area contributed by atoms with Gasteiger partial charge in [0, 0.05) is 29.7 Å². The molecule has 0 amide bonds. The molecule has 0 spiro atoms. The maximum atomic E-state index is 12.6. The average molecular weight is 659 g/mol. The molecule has 0 saturated carbocycles. The van der Waals surface area contributed by atoms with E-state index >= 15 is 0 Å². The number of alkyl halides is 1. The van der Waals surface area contributed by atoms with E-state index in [0.717, 1.165) is 84.5 Å². The summed E-state index contributed by atoms with van der Waals surface area (Å²) < 4.78 is 23.8. The van der Waals surface area contributed by atoms with Gasteiger partial charge in [-0.05, 0) is 102 Å². The van der Waals surface area contributed by atoms with Gasteiger partial charge < -0.3 is 19.7 Å². The highest BCUT2D eigenvalue weighted by atomic mass is 35.5. The number of carboxylic acids is 2. The molecule has 2 aliphatic rings. The molecule has 11 heteroatoms. The van der Waals surface area contributed by atoms with Crippen LogP contribution in [0, 0.1) is 0 Å². The summed E-state index contributed by atoms with van der Waals surface area (Å²) in [7, 11) is 1.40. The molecular weight excluding hydrogens is 624 g/mol. The number of carbonyl (C=O) groups is 3. The summed E-state index contributed by atoms with van der Waals surface area (Å²) in [5.74, 6) is -3.17. The minimum atomic E-state index is -1.82. The summed E-state index contributed by atoms with van der Waals surface area (Å²) in [4.78, 5) is 32.7. The number of nitrogens with zero attached hydrogens (tertiary/aromatic N) is 1. The molecule has 1 unspecified atom stereocenters. The van der Waals surface area contributed by atoms with Crippen LogP contribution in [-0.4, -0.2) is 72.5 Å². The van der Waals surface area contributed by atoms with Gasteiger partial charge in [0.1, 0.15) is 11.9 Å². The first-order chi connectivity index (χ1) is 21.6. The maximum Gasteiger partial charge on any atom is 0.414 e. The SMILES string of the molecule is COC(=O)c1ccc2c(c1)CCCC(c1ccc(Cl)cc1Cl)=C2c1ccc(OC2CCN(CCCF)C2)cc1.O=C(O)C(=O)O. The molecule has 0 aromatic heterocycles. The molecule has 1 heterocycles. The van der Waals surface area contributed by atoms with Crippen molar-refractivity contribution in [2.45, 2.75) is 38.2 Å². The number of carboxylic acid groups (broad SMARTS) is 2. The van der Waals surface area contributed by atoms with Crippen molar-refractivity contribution in [1.29, 1.82) is 0 Å². The number of methoxy groups -OCH3 is 1. The van der Waals surface area contributed by atoms with Gasteiger partial charge in [0.25, 0.3) is 0 Å². The number of aryl methyl sites for hydroxylation is 1. The van der Waals surface area contributed by atoms with E-state index in [0.29, 0.717) is 22.0 Å². The molecule has 3 aromatic carbocycles. The number of likely N-dealkylation sites (tertiary alicyclic amines) is 1. The van der Waals surface area contributed by atoms with E-state index < -0.39 is 11.9 Å². The minimum Gasteiger partial charge on any atom is -0.489 e. The fraction of sp³-hybridized carbons (Fsp3) is 0.324. The molecule has 2 N–H and O–H groups in total. The quantitative estimate of drug-likeness (QED) is 0.196. The molecule has 1 fully saturated rings. The first-order valence-corrected chi connectivity index (χ1v) is 15.3. The van der Waals surface area contributed by atoms with Crippen LogP contribution in [0.4, 0.5) is 4.39 Å². The molecule has 0 radical (unpaired) electrons. The summed E-state index contributed by atoms with van der Waals surface area (Å²) in [5.41, 5.74) is 6.97. The van der Waals surface area contributed by atoms with Gasteiger partial charge in [-0.1, -0.05) is 47.5 Å². The molecule has 0 bridgehead atoms. The highest BCUT2D eigenvalue weighted by molar-refractivity contribution is 6.36. The lowest BCUT2D eigenvalue weighted by atomic mass is 9.87. The van der Waals surface area contributed by atoms with Crippen LogP contribution in [0.2, 0.25) is 10.0 Å². The van der Waals surface area contributed by atoms with E-state index in [-0.39, 0.29) is 18.7 Å². The number of halogens is 3. The second-order valence-corrected chi connectivity index (χ2v) is 11.5. The monoisotopic (exact) mass is 657 g/mol. The summed E-state index contributed by atoms with van der Waals surface area (Å²) in [5, 5.41) is 16.0. The number of ether oxygens (including phenoxy) is 2. The Balaban J connectivity index is 0.000000700. The van der Waals surface area contributed by atoms with Crippen LogP contribution in [0.15, 0.2) is 60.7 Å². The molecule has 45 heavy (non-hydrogen) atoms. The van der Waals surface area contributed by atoms with E-state index in [1.165, 1.54) is 7.11 Å². The van der Waals surface area contributed by atoms with Crippen molar-refractivity contribution in [3.63, 3.8) is 0 Å². The summed E-state index contributed by atoms with van der Waals surface area (Å²) >= 11 is 12.9. The predicted octanol–water partition coefficient (Wildman–Crippen LogP) is 7.04. The molecule has 1 aliphatic carbocycles. The molecule has 3 aromatic rings. The van der Waals surface area contributed by atoms with E-state index in [4.69, 9.17) is 52.5 Å². The first-order valence-electron chi connectivity index (χ1n) is 14.5. The van der Waals surface area contributed by atoms with Crippen molar-refractivity contribution < 1.29 is 38.5 Å². The van der Waals surface area contributed by atoms with Crippen LogP contribution < -0.4 is 4.74 Å². The van der Waals surface area contributed by atoms with Crippen molar-refractivity contribution >= 4 is 52.3 Å². The van der Waals surface area contributed by atoms with Crippen LogP contribution in [-0.2, 0) is 20.7 Å². The Morgan fingerprint density at radius 3 is 2.31 bits per heavy atom. The lowest BCUT2D eigenvalue weighted by Crippen LogP contribution is -2.26. The molecule has 238 valence electrons. The molecule has 8 nitrogen and oxygen atoms in total. The minimum absolute atomic E-state index is 0.105. The average Bonchev–Trinajstić information content (AvgIpc) is 3.38. The standard InChI is InChI=1S/C32H32Cl2FNO3.C2H2O4/c1-38-32(37)23-8-12-27-22(18-23)4-2-5-29(28-13-9-24(33)19-30(28)34)31(27)21-6-10-25(11-7-21)39-26-14-17-36(20-26)16-3-15-35;3-1(4)2(5)6/h6-13,18-19,26H,2-5,14-17,20H2,1H3;(H,3,4)(H,5,6). The molecule has 1 saturated heterocycles. The Morgan fingerprint density at radius 1 is 0.956 bits per heavy atom. The van der Waals surface area contributed by atoms with Crippen LogP contribution in [0.1, 0.15) is 58.3 Å². The topological polar surface area (TPSA) is 113 Å². The van der Waals surface area contributed by atoms with Crippen LogP contribution in [0.25, 0.3) is 11.1 Å². The third-order valence-corrected chi connectivity index (χ3v) is 8.24. The third kappa shape index (κ3) is 8.84. The van der Waals surface area contributed by atoms with Gasteiger partial charge in [0.15, 0.2) is 0 Å². The number of carbonyl (C=O) groups excluding carboxylic acids is 1. The number of hydrogen-bond donors (Lipinski definition) is 2. The number of esters is 1. The molecule has 1 atom stereocenters. The zero-order valence-electron chi connectivity index (χ0n) is 24.7. The van der Waals surface area contributed by atoms with Crippen LogP contribution in [0.3, 0.4) is 0 Å². The number of rotatable bonds is 8. The van der Waals surface area contributed by atoms with Gasteiger partial charge in [-0.15, -0.1) is 0 Å². The van der Waals surface area contributed by atoms with Crippen LogP contribution in [0.5, 0.6) is 5.75 Å². The Labute approximate surface area is 271 Å². The van der Waals surface area contributed by atoms with Gasteiger partial charge in [0.2, 0.25) is 0 Å². The molecular formula is C34H34Cl2FNO7. The smallest absolute Gasteiger partial charge is 0.414 e. The maximum absolute atomic E-state index is 12.6. The summed E-state index contributed by atoms with van der Waals surface area (Å²) in [6, 6.07) is 19.6. The number of allylic oxidation sites excluding steroid dienone is 1. The van der Waals surface area contributed by atoms with Crippen molar-refractivity contribution in [3.8, 4) is 5.75 Å². The van der Waals surface area contributed by atoms with Gasteiger partial charge in [-0.3, -0.25) is 9.29 Å². The summed E-state index contributed by atoms with van der Waals surface area (Å²) in [6.45, 7) is 2.25. The van der Waals surface area contributed by atoms with Gasteiger partial charge in [-0.25, -0.2) is 14.4 Å². The zero-order chi connectivity index (χ0) is 32.5. The van der Waals surface area contributed by atoms with Crippen molar-refractivity contribution in [2.75, 3.05) is 33.4 Å². The highest BCUT2D eigenvalue weighted by Crippen LogP contribution is 2.42. The van der Waals surface area contributed by atoms with Crippen molar-refractivity contribution in [1.82, 2.24) is 4.90 Å². The van der Waals surface area contributed by atoms with E-state index in [1.807, 2.05) is 42.5 Å². The second-order valence-electron chi connectivity index (χ2n) is 10.7. The lowest BCUT2D eigenvalue weighted by molar-refractivity contribution is -0.159. The number of hydrogen-bond acceptors (Lipinski definition) is 6. The van der Waals surface area contributed by atoms with Crippen molar-refractivity contribution in [3.05, 3.63) is 98.5 Å². The zero-order valence-corrected chi connectivity index (χ0v) is 26.2. The van der Waals surface area contributed by atoms with Crippen molar-refractivity contribution in [2.24, 2.45) is 0 Å². The fourth-order valence-corrected chi connectivity index (χ4v) is 6.16. The van der Waals surface area contributed by atoms with E-state index in [2.05, 4.69) is 17.0 Å². The Kier molecular flexibility index (Phi) is 12.0. The Bertz CT molecular complexity index is 1560. The van der Waals surface area contributed by atoms with E-state index in [9.17, 15) is 9.18 Å². The number of aliphatic carboxylic acids is 2. The Hall–Kier alpha value is -3.92. The third-order valence-electron chi connectivity index (χ3n) is 7.69. The normalized spacial score (nSPS) is 16.2. The summed E-state index contributed by atoms with van der Waals surface area (Å²) in [6.07, 6.45) is 4.19. The largest absolute Gasteiger partial charge is 0.489 e. The first kappa shape index (κ1) is 34.0. The molecule has 5 rings (SSSR count). The molecule has 1 aliphatic heterocycles. The van der Waals surface area contributed by atoms with E-state index in [1.54, 1.807) is 6.07 Å². The fourth-order valence-electron chi connectivity index (χ4n) is 5.64. The second kappa shape index (κ2) is 15.9. The number of fused-ring (bicyclic) bond motifs is 1. The van der Waals surface area contributed by atoms with Gasteiger partial charge in [0.05, 0.1) is 19.3 Å². The number of benzene rings is 3. The predicted molar refractivity (Wildman–Crippen MR) is 171 cm³/mol. The lowest BCUT2D eigenvalue weighted by Gasteiger charge is -2.19. The van der Waals surface area contributed by atoms with Gasteiger partial charge in [-0.2, -0.15) is 0 Å². The van der Waals surface area contributed by atoms with Gasteiger partial charge >= 0.3 is 17.9 Å². The van der Waals surface area contributed by atoms with Crippen LogP contribution >= 0.6 is 23.2 Å². The Morgan fingerprint density at radius 2 is 1.67 bits per heavy atom.